The fraction of sp³-hybridized carbons (Fsp3) is 0.462. The fourth-order valence-corrected chi connectivity index (χ4v) is 1.38. The summed E-state index contributed by atoms with van der Waals surface area (Å²) < 4.78 is 24.0. The van der Waals surface area contributed by atoms with Crippen LogP contribution in [0.1, 0.15) is 36.7 Å². The van der Waals surface area contributed by atoms with Gasteiger partial charge in [-0.3, -0.25) is 0 Å². The zero-order chi connectivity index (χ0) is 13.2. The van der Waals surface area contributed by atoms with E-state index in [1.807, 2.05) is 0 Å². The highest BCUT2D eigenvalue weighted by atomic mass is 19.1. The van der Waals surface area contributed by atoms with Crippen LogP contribution < -0.4 is 4.74 Å². The number of rotatable bonds is 2. The summed E-state index contributed by atoms with van der Waals surface area (Å²) in [5, 5.41) is 0. The second-order valence-corrected chi connectivity index (χ2v) is 4.76. The van der Waals surface area contributed by atoms with E-state index in [0.717, 1.165) is 0 Å². The van der Waals surface area contributed by atoms with Gasteiger partial charge >= 0.3 is 5.97 Å². The molecule has 1 aromatic carbocycles. The number of ether oxygens (including phenoxy) is 2. The van der Waals surface area contributed by atoms with E-state index in [1.165, 1.54) is 13.2 Å². The van der Waals surface area contributed by atoms with Gasteiger partial charge in [-0.25, -0.2) is 9.18 Å². The molecule has 0 amide bonds. The van der Waals surface area contributed by atoms with Gasteiger partial charge in [0.15, 0.2) is 0 Å². The van der Waals surface area contributed by atoms with Crippen LogP contribution in [0.25, 0.3) is 0 Å². The normalized spacial score (nSPS) is 11.2. The van der Waals surface area contributed by atoms with E-state index in [2.05, 4.69) is 0 Å². The first-order valence-corrected chi connectivity index (χ1v) is 5.32. The molecular weight excluding hydrogens is 223 g/mol. The third kappa shape index (κ3) is 3.19. The fourth-order valence-electron chi connectivity index (χ4n) is 1.38. The largest absolute Gasteiger partial charge is 0.496 e. The molecule has 4 heteroatoms. The lowest BCUT2D eigenvalue weighted by atomic mass is 10.1. The monoisotopic (exact) mass is 240 g/mol. The van der Waals surface area contributed by atoms with Crippen LogP contribution in [0.2, 0.25) is 0 Å². The molecule has 0 aliphatic rings. The van der Waals surface area contributed by atoms with Gasteiger partial charge in [-0.15, -0.1) is 0 Å². The quantitative estimate of drug-likeness (QED) is 0.745. The van der Waals surface area contributed by atoms with Crippen molar-refractivity contribution in [3.05, 3.63) is 29.1 Å². The van der Waals surface area contributed by atoms with E-state index in [4.69, 9.17) is 9.47 Å². The van der Waals surface area contributed by atoms with Crippen LogP contribution in [-0.2, 0) is 4.74 Å². The molecule has 0 fully saturated rings. The molecule has 0 aliphatic carbocycles. The van der Waals surface area contributed by atoms with Crippen LogP contribution in [0.15, 0.2) is 12.1 Å². The summed E-state index contributed by atoms with van der Waals surface area (Å²) in [6.07, 6.45) is 0. The van der Waals surface area contributed by atoms with Crippen LogP contribution >= 0.6 is 0 Å². The molecule has 0 unspecified atom stereocenters. The predicted molar refractivity (Wildman–Crippen MR) is 62.9 cm³/mol. The van der Waals surface area contributed by atoms with Crippen molar-refractivity contribution in [1.82, 2.24) is 0 Å². The summed E-state index contributed by atoms with van der Waals surface area (Å²) in [5.41, 5.74) is -0.411. The van der Waals surface area contributed by atoms with Crippen molar-refractivity contribution < 1.29 is 18.7 Å². The minimum atomic E-state index is -0.666. The Kier molecular flexibility index (Phi) is 3.76. The molecule has 3 nitrogen and oxygen atoms in total. The predicted octanol–water partition coefficient (Wildman–Crippen LogP) is 3.10. The Bertz CT molecular complexity index is 433. The lowest BCUT2D eigenvalue weighted by Crippen LogP contribution is -2.24. The first kappa shape index (κ1) is 13.5. The molecule has 1 rings (SSSR count). The van der Waals surface area contributed by atoms with Crippen molar-refractivity contribution in [2.24, 2.45) is 0 Å². The van der Waals surface area contributed by atoms with Crippen molar-refractivity contribution in [1.29, 1.82) is 0 Å². The molecule has 0 saturated heterocycles. The SMILES string of the molecule is COc1ccc(C(=O)OC(C)(C)C)c(F)c1C. The average Bonchev–Trinajstić information content (AvgIpc) is 2.19. The highest BCUT2D eigenvalue weighted by Gasteiger charge is 2.22. The molecule has 0 bridgehead atoms. The Morgan fingerprint density at radius 3 is 2.35 bits per heavy atom. The van der Waals surface area contributed by atoms with Crippen molar-refractivity contribution in [3.63, 3.8) is 0 Å². The first-order valence-electron chi connectivity index (χ1n) is 5.32. The number of hydrogen-bond acceptors (Lipinski definition) is 3. The van der Waals surface area contributed by atoms with Gasteiger partial charge in [0.1, 0.15) is 17.2 Å². The van der Waals surface area contributed by atoms with Gasteiger partial charge in [0, 0.05) is 5.56 Å². The van der Waals surface area contributed by atoms with Gasteiger partial charge in [-0.2, -0.15) is 0 Å². The average molecular weight is 240 g/mol. The summed E-state index contributed by atoms with van der Waals surface area (Å²) in [6.45, 7) is 6.76. The highest BCUT2D eigenvalue weighted by Crippen LogP contribution is 2.24. The molecule has 0 heterocycles. The number of esters is 1. The third-order valence-electron chi connectivity index (χ3n) is 2.18. The zero-order valence-corrected chi connectivity index (χ0v) is 10.8. The molecule has 17 heavy (non-hydrogen) atoms. The second-order valence-electron chi connectivity index (χ2n) is 4.76. The second kappa shape index (κ2) is 4.73. The van der Waals surface area contributed by atoms with Crippen LogP contribution in [0, 0.1) is 12.7 Å². The van der Waals surface area contributed by atoms with Gasteiger partial charge in [0.2, 0.25) is 0 Å². The Hall–Kier alpha value is -1.58. The van der Waals surface area contributed by atoms with Gasteiger partial charge < -0.3 is 9.47 Å². The van der Waals surface area contributed by atoms with Gasteiger partial charge in [0.25, 0.3) is 0 Å². The highest BCUT2D eigenvalue weighted by molar-refractivity contribution is 5.90. The van der Waals surface area contributed by atoms with Crippen LogP contribution in [-0.4, -0.2) is 18.7 Å². The summed E-state index contributed by atoms with van der Waals surface area (Å²) in [6, 6.07) is 2.92. The maximum absolute atomic E-state index is 13.9. The van der Waals surface area contributed by atoms with E-state index in [1.54, 1.807) is 33.8 Å². The molecule has 0 aromatic heterocycles. The smallest absolute Gasteiger partial charge is 0.341 e. The number of methoxy groups -OCH3 is 1. The third-order valence-corrected chi connectivity index (χ3v) is 2.18. The van der Waals surface area contributed by atoms with E-state index >= 15 is 0 Å². The summed E-state index contributed by atoms with van der Waals surface area (Å²) in [4.78, 5) is 11.7. The van der Waals surface area contributed by atoms with Crippen molar-refractivity contribution in [3.8, 4) is 5.75 Å². The molecule has 1 aromatic rings. The zero-order valence-electron chi connectivity index (χ0n) is 10.8. The lowest BCUT2D eigenvalue weighted by Gasteiger charge is -2.20. The maximum atomic E-state index is 13.9. The number of carbonyl (C=O) groups is 1. The topological polar surface area (TPSA) is 35.5 Å². The molecule has 0 N–H and O–H groups in total. The Labute approximate surface area is 101 Å². The van der Waals surface area contributed by atoms with E-state index in [9.17, 15) is 9.18 Å². The van der Waals surface area contributed by atoms with Crippen molar-refractivity contribution >= 4 is 5.97 Å². The first-order chi connectivity index (χ1) is 7.76. The molecule has 94 valence electrons. The lowest BCUT2D eigenvalue weighted by molar-refractivity contribution is 0.00645. The van der Waals surface area contributed by atoms with E-state index < -0.39 is 17.4 Å². The Morgan fingerprint density at radius 1 is 1.29 bits per heavy atom. The molecular formula is C13H17FO3. The number of halogens is 1. The van der Waals surface area contributed by atoms with Crippen LogP contribution in [0.5, 0.6) is 5.75 Å². The minimum absolute atomic E-state index is 0.0711. The number of hydrogen-bond donors (Lipinski definition) is 0. The van der Waals surface area contributed by atoms with Gasteiger partial charge in [-0.05, 0) is 39.8 Å². The Morgan fingerprint density at radius 2 is 1.88 bits per heavy atom. The van der Waals surface area contributed by atoms with E-state index in [0.29, 0.717) is 11.3 Å². The Balaban J connectivity index is 3.08. The van der Waals surface area contributed by atoms with Gasteiger partial charge in [-0.1, -0.05) is 0 Å². The summed E-state index contributed by atoms with van der Waals surface area (Å²) >= 11 is 0. The van der Waals surface area contributed by atoms with Crippen molar-refractivity contribution in [2.45, 2.75) is 33.3 Å². The molecule has 0 radical (unpaired) electrons. The van der Waals surface area contributed by atoms with Gasteiger partial charge in [0.05, 0.1) is 12.7 Å². The molecule has 0 spiro atoms. The number of benzene rings is 1. The minimum Gasteiger partial charge on any atom is -0.496 e. The molecule has 0 atom stereocenters. The molecule has 0 saturated carbocycles. The standard InChI is InChI=1S/C13H17FO3/c1-8-10(16-5)7-6-9(11(8)14)12(15)17-13(2,3)4/h6-7H,1-5H3. The van der Waals surface area contributed by atoms with Crippen molar-refractivity contribution in [2.75, 3.05) is 7.11 Å². The van der Waals surface area contributed by atoms with Crippen LogP contribution in [0.4, 0.5) is 4.39 Å². The molecule has 0 aliphatic heterocycles. The maximum Gasteiger partial charge on any atom is 0.341 e. The summed E-state index contributed by atoms with van der Waals surface area (Å²) in [7, 11) is 1.45. The summed E-state index contributed by atoms with van der Waals surface area (Å²) in [5.74, 6) is -0.853. The van der Waals surface area contributed by atoms with Crippen LogP contribution in [0.3, 0.4) is 0 Å². The number of carbonyl (C=O) groups excluding carboxylic acids is 1. The van der Waals surface area contributed by atoms with E-state index in [-0.39, 0.29) is 5.56 Å².